The predicted octanol–water partition coefficient (Wildman–Crippen LogP) is 3.23. The Hall–Kier alpha value is -1.05. The van der Waals surface area contributed by atoms with Crippen LogP contribution in [0.4, 0.5) is 10.1 Å². The van der Waals surface area contributed by atoms with Crippen molar-refractivity contribution in [2.24, 2.45) is 0 Å². The minimum absolute atomic E-state index is 0.137. The van der Waals surface area contributed by atoms with E-state index < -0.39 is 0 Å². The molecule has 0 saturated carbocycles. The average molecular weight is 195 g/mol. The molecule has 1 aromatic carbocycles. The van der Waals surface area contributed by atoms with E-state index in [2.05, 4.69) is 13.0 Å². The molecule has 0 radical (unpaired) electrons. The lowest BCUT2D eigenvalue weighted by molar-refractivity contribution is 0.624. The largest absolute Gasteiger partial charge is 0.378 e. The molecule has 0 bridgehead atoms. The van der Waals surface area contributed by atoms with E-state index in [0.717, 1.165) is 30.5 Å². The van der Waals surface area contributed by atoms with E-state index in [1.807, 2.05) is 19.0 Å². The Morgan fingerprint density at radius 3 is 2.50 bits per heavy atom. The summed E-state index contributed by atoms with van der Waals surface area (Å²) in [5.41, 5.74) is 2.03. The van der Waals surface area contributed by atoms with Crippen molar-refractivity contribution in [3.05, 3.63) is 29.6 Å². The van der Waals surface area contributed by atoms with Crippen molar-refractivity contribution in [3.63, 3.8) is 0 Å². The fraction of sp³-hybridized carbons (Fsp3) is 0.500. The molecule has 78 valence electrons. The first-order chi connectivity index (χ1) is 6.63. The molecule has 2 heteroatoms. The number of aryl methyl sites for hydroxylation is 1. The Kier molecular flexibility index (Phi) is 3.93. The van der Waals surface area contributed by atoms with E-state index in [-0.39, 0.29) is 5.82 Å². The highest BCUT2D eigenvalue weighted by Crippen LogP contribution is 2.17. The minimum Gasteiger partial charge on any atom is -0.378 e. The monoisotopic (exact) mass is 195 g/mol. The fourth-order valence-corrected chi connectivity index (χ4v) is 1.42. The van der Waals surface area contributed by atoms with Crippen molar-refractivity contribution in [2.45, 2.75) is 26.2 Å². The van der Waals surface area contributed by atoms with Crippen molar-refractivity contribution < 1.29 is 4.39 Å². The van der Waals surface area contributed by atoms with Crippen molar-refractivity contribution in [1.29, 1.82) is 0 Å². The summed E-state index contributed by atoms with van der Waals surface area (Å²) >= 11 is 0. The summed E-state index contributed by atoms with van der Waals surface area (Å²) in [6, 6.07) is 5.25. The molecule has 1 aromatic rings. The molecular formula is C12H18FN. The molecule has 0 aliphatic heterocycles. The van der Waals surface area contributed by atoms with Gasteiger partial charge in [0.2, 0.25) is 0 Å². The number of anilines is 1. The highest BCUT2D eigenvalue weighted by Gasteiger charge is 2.01. The van der Waals surface area contributed by atoms with Crippen LogP contribution in [-0.2, 0) is 6.42 Å². The van der Waals surface area contributed by atoms with Crippen LogP contribution >= 0.6 is 0 Å². The third kappa shape index (κ3) is 3.02. The van der Waals surface area contributed by atoms with E-state index in [9.17, 15) is 4.39 Å². The zero-order valence-corrected chi connectivity index (χ0v) is 9.18. The van der Waals surface area contributed by atoms with Gasteiger partial charge in [-0.3, -0.25) is 0 Å². The van der Waals surface area contributed by atoms with Crippen LogP contribution in [0.25, 0.3) is 0 Å². The maximum absolute atomic E-state index is 13.2. The first-order valence-electron chi connectivity index (χ1n) is 5.10. The number of unbranched alkanes of at least 4 members (excludes halogenated alkanes) is 1. The Morgan fingerprint density at radius 1 is 1.21 bits per heavy atom. The van der Waals surface area contributed by atoms with Gasteiger partial charge in [0.15, 0.2) is 0 Å². The van der Waals surface area contributed by atoms with E-state index in [0.29, 0.717) is 0 Å². The molecule has 0 aliphatic carbocycles. The third-order valence-electron chi connectivity index (χ3n) is 2.28. The Morgan fingerprint density at radius 2 is 1.93 bits per heavy atom. The molecule has 14 heavy (non-hydrogen) atoms. The lowest BCUT2D eigenvalue weighted by Crippen LogP contribution is -2.09. The number of benzene rings is 1. The molecule has 1 nitrogen and oxygen atoms in total. The van der Waals surface area contributed by atoms with Gasteiger partial charge in [-0.2, -0.15) is 0 Å². The lowest BCUT2D eigenvalue weighted by atomic mass is 10.1. The standard InChI is InChI=1S/C12H18FN/c1-4-5-6-10-7-11(13)9-12(8-10)14(2)3/h7-9H,4-6H2,1-3H3. The smallest absolute Gasteiger partial charge is 0.125 e. The summed E-state index contributed by atoms with van der Waals surface area (Å²) in [5.74, 6) is -0.137. The van der Waals surface area contributed by atoms with Crippen molar-refractivity contribution >= 4 is 5.69 Å². The van der Waals surface area contributed by atoms with Gasteiger partial charge in [-0.15, -0.1) is 0 Å². The lowest BCUT2D eigenvalue weighted by Gasteiger charge is -2.14. The molecule has 0 amide bonds. The fourth-order valence-electron chi connectivity index (χ4n) is 1.42. The normalized spacial score (nSPS) is 10.3. The van der Waals surface area contributed by atoms with Crippen LogP contribution in [0.5, 0.6) is 0 Å². The predicted molar refractivity (Wildman–Crippen MR) is 59.3 cm³/mol. The molecule has 0 aromatic heterocycles. The van der Waals surface area contributed by atoms with Gasteiger partial charge in [0.05, 0.1) is 0 Å². The summed E-state index contributed by atoms with van der Waals surface area (Å²) in [5, 5.41) is 0. The minimum atomic E-state index is -0.137. The molecular weight excluding hydrogens is 177 g/mol. The molecule has 0 unspecified atom stereocenters. The molecule has 0 N–H and O–H groups in total. The molecule has 0 aliphatic rings. The maximum Gasteiger partial charge on any atom is 0.125 e. The van der Waals surface area contributed by atoms with Crippen LogP contribution in [0.15, 0.2) is 18.2 Å². The van der Waals surface area contributed by atoms with Gasteiger partial charge in [0, 0.05) is 19.8 Å². The molecule has 1 rings (SSSR count). The van der Waals surface area contributed by atoms with Crippen LogP contribution in [-0.4, -0.2) is 14.1 Å². The summed E-state index contributed by atoms with van der Waals surface area (Å²) in [6.07, 6.45) is 3.24. The second-order valence-electron chi connectivity index (χ2n) is 3.82. The number of hydrogen-bond acceptors (Lipinski definition) is 1. The Labute approximate surface area is 85.5 Å². The zero-order chi connectivity index (χ0) is 10.6. The molecule has 0 fully saturated rings. The summed E-state index contributed by atoms with van der Waals surface area (Å²) < 4.78 is 13.2. The number of rotatable bonds is 4. The molecule has 0 spiro atoms. The highest BCUT2D eigenvalue weighted by atomic mass is 19.1. The van der Waals surface area contributed by atoms with E-state index in [1.54, 1.807) is 12.1 Å². The van der Waals surface area contributed by atoms with Gasteiger partial charge in [0.1, 0.15) is 5.82 Å². The maximum atomic E-state index is 13.2. The first kappa shape index (κ1) is 11.0. The van der Waals surface area contributed by atoms with Crippen LogP contribution < -0.4 is 4.90 Å². The van der Waals surface area contributed by atoms with Gasteiger partial charge >= 0.3 is 0 Å². The van der Waals surface area contributed by atoms with Crippen molar-refractivity contribution in [1.82, 2.24) is 0 Å². The van der Waals surface area contributed by atoms with E-state index in [1.165, 1.54) is 0 Å². The van der Waals surface area contributed by atoms with E-state index >= 15 is 0 Å². The van der Waals surface area contributed by atoms with Crippen molar-refractivity contribution in [2.75, 3.05) is 19.0 Å². The number of hydrogen-bond donors (Lipinski definition) is 0. The molecule has 0 heterocycles. The second kappa shape index (κ2) is 4.99. The van der Waals surface area contributed by atoms with Crippen LogP contribution in [0, 0.1) is 5.82 Å². The first-order valence-corrected chi connectivity index (χ1v) is 5.10. The van der Waals surface area contributed by atoms with Crippen LogP contribution in [0.1, 0.15) is 25.3 Å². The van der Waals surface area contributed by atoms with Crippen molar-refractivity contribution in [3.8, 4) is 0 Å². The topological polar surface area (TPSA) is 3.24 Å². The van der Waals surface area contributed by atoms with Crippen LogP contribution in [0.2, 0.25) is 0 Å². The Balaban J connectivity index is 2.84. The van der Waals surface area contributed by atoms with Crippen LogP contribution in [0.3, 0.4) is 0 Å². The number of nitrogens with zero attached hydrogens (tertiary/aromatic N) is 1. The SMILES string of the molecule is CCCCc1cc(F)cc(N(C)C)c1. The third-order valence-corrected chi connectivity index (χ3v) is 2.28. The summed E-state index contributed by atoms with van der Waals surface area (Å²) in [4.78, 5) is 1.93. The average Bonchev–Trinajstić information content (AvgIpc) is 2.14. The highest BCUT2D eigenvalue weighted by molar-refractivity contribution is 5.47. The number of halogens is 1. The van der Waals surface area contributed by atoms with Gasteiger partial charge in [-0.05, 0) is 36.6 Å². The summed E-state index contributed by atoms with van der Waals surface area (Å²) in [7, 11) is 3.86. The second-order valence-corrected chi connectivity index (χ2v) is 3.82. The van der Waals surface area contributed by atoms with Gasteiger partial charge in [0.25, 0.3) is 0 Å². The van der Waals surface area contributed by atoms with Gasteiger partial charge < -0.3 is 4.90 Å². The van der Waals surface area contributed by atoms with Gasteiger partial charge in [-0.25, -0.2) is 4.39 Å². The molecule has 0 atom stereocenters. The zero-order valence-electron chi connectivity index (χ0n) is 9.18. The van der Waals surface area contributed by atoms with Gasteiger partial charge in [-0.1, -0.05) is 13.3 Å². The summed E-state index contributed by atoms with van der Waals surface area (Å²) in [6.45, 7) is 2.14. The molecule has 0 saturated heterocycles. The quantitative estimate of drug-likeness (QED) is 0.713. The Bertz CT molecular complexity index is 294. The van der Waals surface area contributed by atoms with E-state index in [4.69, 9.17) is 0 Å².